The van der Waals surface area contributed by atoms with Crippen LogP contribution in [0.2, 0.25) is 0 Å². The average molecular weight is 620 g/mol. The van der Waals surface area contributed by atoms with Crippen molar-refractivity contribution < 1.29 is 23.1 Å². The minimum atomic E-state index is -3.81. The molecule has 1 heterocycles. The molecule has 7 nitrogen and oxygen atoms in total. The number of rotatable bonds is 6. The Bertz CT molecular complexity index is 1420. The highest BCUT2D eigenvalue weighted by atomic mass is 79.9. The first-order valence-electron chi connectivity index (χ1n) is 10.5. The lowest BCUT2D eigenvalue weighted by Crippen LogP contribution is -2.31. The summed E-state index contributed by atoms with van der Waals surface area (Å²) in [6.07, 6.45) is 0.364. The number of sulfonamides is 1. The summed E-state index contributed by atoms with van der Waals surface area (Å²) in [5, 5.41) is 16.2. The van der Waals surface area contributed by atoms with Gasteiger partial charge in [-0.3, -0.25) is 9.59 Å². The number of ketones is 1. The molecule has 0 saturated carbocycles. The van der Waals surface area contributed by atoms with Gasteiger partial charge in [-0.05, 0) is 53.9 Å². The van der Waals surface area contributed by atoms with Crippen LogP contribution in [0.4, 0.5) is 0 Å². The molecule has 10 heteroatoms. The van der Waals surface area contributed by atoms with Gasteiger partial charge in [-0.1, -0.05) is 68.3 Å². The van der Waals surface area contributed by atoms with E-state index in [-0.39, 0.29) is 22.8 Å². The monoisotopic (exact) mass is 618 g/mol. The van der Waals surface area contributed by atoms with E-state index >= 15 is 0 Å². The first-order valence-corrected chi connectivity index (χ1v) is 13.6. The second-order valence-electron chi connectivity index (χ2n) is 7.99. The lowest BCUT2D eigenvalue weighted by atomic mass is 9.95. The van der Waals surface area contributed by atoms with Gasteiger partial charge >= 0.3 is 0 Å². The Balaban J connectivity index is 1.72. The van der Waals surface area contributed by atoms with Gasteiger partial charge in [0.2, 0.25) is 10.0 Å². The first-order chi connectivity index (χ1) is 16.6. The predicted molar refractivity (Wildman–Crippen MR) is 139 cm³/mol. The van der Waals surface area contributed by atoms with Crippen LogP contribution in [0, 0.1) is 0 Å². The second-order valence-corrected chi connectivity index (χ2v) is 11.4. The van der Waals surface area contributed by atoms with Crippen LogP contribution in [0.1, 0.15) is 22.7 Å². The van der Waals surface area contributed by atoms with Crippen LogP contribution in [0.15, 0.2) is 92.2 Å². The number of carbonyl (C=O) groups excluding carboxylic acids is 2. The Hall–Kier alpha value is -2.79. The highest BCUT2D eigenvalue weighted by Gasteiger charge is 2.45. The molecule has 3 N–H and O–H groups in total. The quantitative estimate of drug-likeness (QED) is 0.239. The molecule has 0 radical (unpaired) electrons. The summed E-state index contributed by atoms with van der Waals surface area (Å²) in [6.45, 7) is 0.178. The van der Waals surface area contributed by atoms with Gasteiger partial charge in [0.05, 0.1) is 16.5 Å². The number of benzene rings is 3. The first kappa shape index (κ1) is 25.3. The fourth-order valence-corrected chi connectivity index (χ4v) is 5.00. The molecular weight excluding hydrogens is 600 g/mol. The van der Waals surface area contributed by atoms with Crippen molar-refractivity contribution in [3.63, 3.8) is 0 Å². The number of likely N-dealkylation sites (tertiary alicyclic amines) is 1. The van der Waals surface area contributed by atoms with Gasteiger partial charge in [0, 0.05) is 21.1 Å². The summed E-state index contributed by atoms with van der Waals surface area (Å²) in [5.41, 5.74) is 1.88. The fraction of sp³-hybridized carbons (Fsp3) is 0.120. The van der Waals surface area contributed by atoms with E-state index in [1.807, 2.05) is 0 Å². The van der Waals surface area contributed by atoms with Crippen LogP contribution in [0.5, 0.6) is 0 Å². The van der Waals surface area contributed by atoms with Gasteiger partial charge in [0.25, 0.3) is 11.7 Å². The molecule has 1 saturated heterocycles. The van der Waals surface area contributed by atoms with Crippen LogP contribution in [-0.2, 0) is 26.0 Å². The second kappa shape index (κ2) is 10.1. The summed E-state index contributed by atoms with van der Waals surface area (Å²) in [6, 6.07) is 19.3. The molecule has 0 aliphatic carbocycles. The molecular formula is C25H20Br2N2O5S. The lowest BCUT2D eigenvalue weighted by Gasteiger charge is -2.25. The molecule has 0 spiro atoms. The molecule has 0 aromatic heterocycles. The highest BCUT2D eigenvalue weighted by molar-refractivity contribution is 9.10. The summed E-state index contributed by atoms with van der Waals surface area (Å²) in [4.78, 5) is 27.6. The van der Waals surface area contributed by atoms with Gasteiger partial charge < -0.3 is 10.0 Å². The molecule has 4 rings (SSSR count). The van der Waals surface area contributed by atoms with Crippen molar-refractivity contribution in [2.75, 3.05) is 6.54 Å². The molecule has 1 atom stereocenters. The number of primary sulfonamides is 1. The van der Waals surface area contributed by atoms with Gasteiger partial charge in [-0.2, -0.15) is 0 Å². The van der Waals surface area contributed by atoms with Gasteiger partial charge in [0.15, 0.2) is 0 Å². The minimum absolute atomic E-state index is 0.00828. The van der Waals surface area contributed by atoms with Crippen molar-refractivity contribution in [3.05, 3.63) is 104 Å². The third-order valence-corrected chi connectivity index (χ3v) is 7.72. The van der Waals surface area contributed by atoms with Crippen molar-refractivity contribution in [1.82, 2.24) is 4.90 Å². The van der Waals surface area contributed by atoms with E-state index in [4.69, 9.17) is 5.14 Å². The maximum atomic E-state index is 13.1. The third-order valence-electron chi connectivity index (χ3n) is 5.74. The van der Waals surface area contributed by atoms with E-state index in [1.165, 1.54) is 17.0 Å². The van der Waals surface area contributed by atoms with Crippen molar-refractivity contribution in [1.29, 1.82) is 0 Å². The van der Waals surface area contributed by atoms with Crippen LogP contribution in [0.3, 0.4) is 0 Å². The number of halogens is 2. The van der Waals surface area contributed by atoms with Crippen molar-refractivity contribution in [2.24, 2.45) is 5.14 Å². The molecule has 1 fully saturated rings. The van der Waals surface area contributed by atoms with E-state index in [9.17, 15) is 23.1 Å². The number of nitrogens with two attached hydrogens (primary N) is 1. The summed E-state index contributed by atoms with van der Waals surface area (Å²) in [7, 11) is -3.81. The van der Waals surface area contributed by atoms with Crippen molar-refractivity contribution >= 4 is 59.3 Å². The Morgan fingerprint density at radius 1 is 0.886 bits per heavy atom. The standard InChI is InChI=1S/C25H20Br2N2O5S/c26-18-7-3-16(4-8-18)22-21(23(30)17-5-9-19(27)10-6-17)24(31)25(32)29(22)14-13-15-1-11-20(12-2-15)35(28,33)34/h1-12,22,30H,13-14H2,(H2,28,33,34). The zero-order valence-electron chi connectivity index (χ0n) is 18.2. The number of nitrogens with zero attached hydrogens (tertiary/aromatic N) is 1. The molecule has 1 unspecified atom stereocenters. The largest absolute Gasteiger partial charge is 0.507 e. The van der Waals surface area contributed by atoms with Crippen LogP contribution < -0.4 is 5.14 Å². The van der Waals surface area contributed by atoms with Crippen LogP contribution in [-0.4, -0.2) is 36.7 Å². The number of Topliss-reactive ketones (excluding diaryl/α,β-unsaturated/α-hetero) is 1. The number of hydrogen-bond donors (Lipinski definition) is 2. The summed E-state index contributed by atoms with van der Waals surface area (Å²) >= 11 is 6.75. The van der Waals surface area contributed by atoms with Gasteiger partial charge in [-0.25, -0.2) is 13.6 Å². The number of carbonyl (C=O) groups is 2. The van der Waals surface area contributed by atoms with Gasteiger partial charge in [0.1, 0.15) is 5.76 Å². The minimum Gasteiger partial charge on any atom is -0.507 e. The molecule has 180 valence electrons. The van der Waals surface area contributed by atoms with Gasteiger partial charge in [-0.15, -0.1) is 0 Å². The smallest absolute Gasteiger partial charge is 0.295 e. The van der Waals surface area contributed by atoms with E-state index in [0.29, 0.717) is 17.5 Å². The topological polar surface area (TPSA) is 118 Å². The third kappa shape index (κ3) is 5.40. The average Bonchev–Trinajstić information content (AvgIpc) is 3.08. The maximum Gasteiger partial charge on any atom is 0.295 e. The Kier molecular flexibility index (Phi) is 7.27. The fourth-order valence-electron chi connectivity index (χ4n) is 3.96. The Labute approximate surface area is 219 Å². The van der Waals surface area contributed by atoms with E-state index in [0.717, 1.165) is 14.5 Å². The van der Waals surface area contributed by atoms with E-state index in [1.54, 1.807) is 60.7 Å². The number of aliphatic hydroxyl groups excluding tert-OH is 1. The zero-order chi connectivity index (χ0) is 25.3. The SMILES string of the molecule is NS(=O)(=O)c1ccc(CCN2C(=O)C(=O)C(=C(O)c3ccc(Br)cc3)C2c2ccc(Br)cc2)cc1. The van der Waals surface area contributed by atoms with Crippen molar-refractivity contribution in [2.45, 2.75) is 17.4 Å². The van der Waals surface area contributed by atoms with Crippen LogP contribution in [0.25, 0.3) is 5.76 Å². The molecule has 1 aliphatic heterocycles. The summed E-state index contributed by atoms with van der Waals surface area (Å²) in [5.74, 6) is -1.72. The molecule has 35 heavy (non-hydrogen) atoms. The predicted octanol–water partition coefficient (Wildman–Crippen LogP) is 4.52. The molecule has 3 aromatic carbocycles. The van der Waals surface area contributed by atoms with Crippen LogP contribution >= 0.6 is 31.9 Å². The van der Waals surface area contributed by atoms with E-state index in [2.05, 4.69) is 31.9 Å². The molecule has 1 amide bonds. The molecule has 1 aliphatic rings. The molecule has 3 aromatic rings. The van der Waals surface area contributed by atoms with Crippen molar-refractivity contribution in [3.8, 4) is 0 Å². The molecule has 0 bridgehead atoms. The van der Waals surface area contributed by atoms with E-state index < -0.39 is 27.8 Å². The Morgan fingerprint density at radius 2 is 1.43 bits per heavy atom. The maximum absolute atomic E-state index is 13.1. The zero-order valence-corrected chi connectivity index (χ0v) is 22.2. The number of amides is 1. The number of hydrogen-bond acceptors (Lipinski definition) is 5. The summed E-state index contributed by atoms with van der Waals surface area (Å²) < 4.78 is 24.7. The lowest BCUT2D eigenvalue weighted by molar-refractivity contribution is -0.139. The number of aliphatic hydroxyl groups is 1. The normalized spacial score (nSPS) is 17.7. The Morgan fingerprint density at radius 3 is 1.97 bits per heavy atom. The highest BCUT2D eigenvalue weighted by Crippen LogP contribution is 2.40.